The summed E-state index contributed by atoms with van der Waals surface area (Å²) < 4.78 is 30.2. The number of nitrogens with one attached hydrogen (secondary N) is 6. The number of piperazine rings is 2. The minimum absolute atomic E-state index is 0.0154. The van der Waals surface area contributed by atoms with Gasteiger partial charge in [0.05, 0.1) is 11.1 Å². The number of hydrogen-bond acceptors (Lipinski definition) is 8. The highest BCUT2D eigenvalue weighted by Crippen LogP contribution is 2.22. The maximum Gasteiger partial charge on any atom is 0.319 e. The van der Waals surface area contributed by atoms with Crippen molar-refractivity contribution in [2.75, 3.05) is 69.5 Å². The van der Waals surface area contributed by atoms with E-state index in [1.54, 1.807) is 82.6 Å². The third kappa shape index (κ3) is 17.6. The Balaban J connectivity index is 0.000000244. The monoisotopic (exact) mass is 1030 g/mol. The summed E-state index contributed by atoms with van der Waals surface area (Å²) >= 11 is 0. The molecule has 0 unspecified atom stereocenters. The molecule has 3 aliphatic rings. The zero-order valence-corrected chi connectivity index (χ0v) is 45.1. The Bertz CT molecular complexity index is 2640. The topological polar surface area (TPSA) is 188 Å². The first-order valence-corrected chi connectivity index (χ1v) is 25.9. The van der Waals surface area contributed by atoms with Crippen LogP contribution in [0.2, 0.25) is 0 Å². The van der Waals surface area contributed by atoms with E-state index in [9.17, 15) is 28.8 Å². The average Bonchev–Trinajstić information content (AvgIpc) is 3.33. The Labute approximate surface area is 440 Å². The first kappa shape index (κ1) is 57.4. The largest absolute Gasteiger partial charge is 0.347 e. The summed E-state index contributed by atoms with van der Waals surface area (Å²) in [7, 11) is 0. The summed E-state index contributed by atoms with van der Waals surface area (Å²) in [6, 6.07) is 23.3. The van der Waals surface area contributed by atoms with Crippen LogP contribution in [-0.2, 0) is 13.1 Å². The van der Waals surface area contributed by atoms with Crippen LogP contribution in [0.3, 0.4) is 0 Å². The number of carbonyl (C=O) groups excluding carboxylic acids is 6. The fourth-order valence-electron chi connectivity index (χ4n) is 8.45. The predicted molar refractivity (Wildman–Crippen MR) is 289 cm³/mol. The van der Waals surface area contributed by atoms with Gasteiger partial charge in [-0.15, -0.1) is 0 Å². The number of halogens is 2. The molecule has 1 aliphatic carbocycles. The van der Waals surface area contributed by atoms with Crippen molar-refractivity contribution in [1.29, 1.82) is 0 Å². The molecule has 0 bridgehead atoms. The van der Waals surface area contributed by atoms with Crippen molar-refractivity contribution < 1.29 is 37.5 Å². The molecule has 0 radical (unpaired) electrons. The maximum absolute atomic E-state index is 15.1. The molecule has 18 heteroatoms. The molecule has 8 amide bonds. The lowest BCUT2D eigenvalue weighted by molar-refractivity contribution is 0.0620. The van der Waals surface area contributed by atoms with E-state index in [-0.39, 0.29) is 46.5 Å². The second kappa shape index (κ2) is 25.1. The van der Waals surface area contributed by atoms with Crippen molar-refractivity contribution in [2.24, 2.45) is 5.41 Å². The molecule has 2 heterocycles. The van der Waals surface area contributed by atoms with E-state index in [1.165, 1.54) is 12.1 Å². The Morgan fingerprint density at radius 3 is 1.25 bits per heavy atom. The van der Waals surface area contributed by atoms with Crippen LogP contribution >= 0.6 is 0 Å². The van der Waals surface area contributed by atoms with Gasteiger partial charge in [0.2, 0.25) is 0 Å². The van der Waals surface area contributed by atoms with Gasteiger partial charge in [0, 0.05) is 123 Å². The SMILES string of the molecule is CC(C)(C)CNC(=O)Nc1ccc(C(=O)N2CCN(Cc3cccc(C(=O)NC(C)(C)C)c3F)CC2)cc1.CC(C)(C)NC(=O)c1cccc(CN2CCN(C(=O)c3ccc(NC(=O)NC4CCC4)cc3)CC2)c1F. The summed E-state index contributed by atoms with van der Waals surface area (Å²) in [6.07, 6.45) is 3.19. The lowest BCUT2D eigenvalue weighted by Gasteiger charge is -2.35. The van der Waals surface area contributed by atoms with Gasteiger partial charge in [-0.05, 0) is 127 Å². The van der Waals surface area contributed by atoms with Gasteiger partial charge in [-0.2, -0.15) is 0 Å². The molecule has 3 fully saturated rings. The highest BCUT2D eigenvalue weighted by Gasteiger charge is 2.28. The first-order chi connectivity index (χ1) is 35.3. The number of carbonyl (C=O) groups is 6. The van der Waals surface area contributed by atoms with E-state index in [0.29, 0.717) is 106 Å². The molecule has 0 aromatic heterocycles. The second-order valence-electron chi connectivity index (χ2n) is 22.9. The van der Waals surface area contributed by atoms with Gasteiger partial charge >= 0.3 is 12.1 Å². The molecule has 4 aromatic rings. The van der Waals surface area contributed by atoms with Crippen LogP contribution in [0.1, 0.15) is 134 Å². The smallest absolute Gasteiger partial charge is 0.319 e. The molecule has 16 nitrogen and oxygen atoms in total. The first-order valence-electron chi connectivity index (χ1n) is 25.9. The summed E-state index contributed by atoms with van der Waals surface area (Å²) in [4.78, 5) is 82.8. The number of rotatable bonds is 12. The molecule has 2 saturated heterocycles. The number of hydrogen-bond donors (Lipinski definition) is 6. The van der Waals surface area contributed by atoms with Crippen LogP contribution < -0.4 is 31.9 Å². The summed E-state index contributed by atoms with van der Waals surface area (Å²) in [5.41, 5.74) is 2.42. The van der Waals surface area contributed by atoms with Gasteiger partial charge in [-0.25, -0.2) is 18.4 Å². The Hall–Kier alpha value is -6.92. The highest BCUT2D eigenvalue weighted by molar-refractivity contribution is 5.97. The highest BCUT2D eigenvalue weighted by atomic mass is 19.1. The molecular formula is C57H76F2N10O6. The lowest BCUT2D eigenvalue weighted by atomic mass is 9.93. The third-order valence-corrected chi connectivity index (χ3v) is 12.7. The molecule has 2 aliphatic heterocycles. The van der Waals surface area contributed by atoms with Crippen LogP contribution in [0, 0.1) is 17.0 Å². The van der Waals surface area contributed by atoms with Crippen molar-refractivity contribution in [3.8, 4) is 0 Å². The zero-order chi connectivity index (χ0) is 54.7. The molecule has 6 N–H and O–H groups in total. The van der Waals surface area contributed by atoms with Gasteiger partial charge in [0.1, 0.15) is 11.6 Å². The normalized spacial score (nSPS) is 15.6. The van der Waals surface area contributed by atoms with E-state index in [2.05, 4.69) is 41.7 Å². The molecule has 75 heavy (non-hydrogen) atoms. The van der Waals surface area contributed by atoms with E-state index in [0.717, 1.165) is 19.3 Å². The predicted octanol–water partition coefficient (Wildman–Crippen LogP) is 8.47. The molecule has 4 aromatic carbocycles. The van der Waals surface area contributed by atoms with E-state index in [1.807, 2.05) is 62.3 Å². The summed E-state index contributed by atoms with van der Waals surface area (Å²) in [6.45, 7) is 23.0. The van der Waals surface area contributed by atoms with Crippen molar-refractivity contribution in [3.05, 3.63) is 130 Å². The zero-order valence-electron chi connectivity index (χ0n) is 45.1. The molecule has 1 saturated carbocycles. The van der Waals surface area contributed by atoms with Crippen molar-refractivity contribution in [3.63, 3.8) is 0 Å². The fourth-order valence-corrected chi connectivity index (χ4v) is 8.45. The minimum Gasteiger partial charge on any atom is -0.347 e. The summed E-state index contributed by atoms with van der Waals surface area (Å²) in [5.74, 6) is -2.02. The lowest BCUT2D eigenvalue weighted by Crippen LogP contribution is -2.48. The van der Waals surface area contributed by atoms with Gasteiger partial charge in [-0.3, -0.25) is 29.0 Å². The van der Waals surface area contributed by atoms with Crippen molar-refractivity contribution >= 4 is 47.1 Å². The molecular weight excluding hydrogens is 959 g/mol. The van der Waals surface area contributed by atoms with Gasteiger partial charge < -0.3 is 41.7 Å². The number of benzene rings is 4. The summed E-state index contributed by atoms with van der Waals surface area (Å²) in [5, 5.41) is 16.9. The average molecular weight is 1040 g/mol. The van der Waals surface area contributed by atoms with Crippen LogP contribution in [0.5, 0.6) is 0 Å². The standard InChI is InChI=1S/C29H40FN5O3.C28H36FN5O3/c1-28(2,3)19-31-27(38)32-22-12-10-20(11-13-22)26(37)35-16-14-34(15-17-35)18-21-8-7-9-23(24(21)30)25(36)33-29(4,5)6;1-28(2,3)32-25(35)23-9-4-6-20(24(23)29)18-33-14-16-34(17-15-33)26(36)19-10-12-22(13-11-19)31-27(37)30-21-7-5-8-21/h7-13H,14-19H2,1-6H3,(H,33,36)(H2,31,32,38);4,6,9-13,21H,5,7-8,14-18H2,1-3H3,(H,32,35)(H2,30,31,37). The molecule has 0 spiro atoms. The Morgan fingerprint density at radius 2 is 0.907 bits per heavy atom. The number of nitrogens with zero attached hydrogens (tertiary/aromatic N) is 4. The Morgan fingerprint density at radius 1 is 0.520 bits per heavy atom. The number of anilines is 2. The maximum atomic E-state index is 15.1. The molecule has 404 valence electrons. The Kier molecular flexibility index (Phi) is 19.2. The van der Waals surface area contributed by atoms with E-state index >= 15 is 8.78 Å². The van der Waals surface area contributed by atoms with Gasteiger partial charge in [0.25, 0.3) is 23.6 Å². The van der Waals surface area contributed by atoms with E-state index in [4.69, 9.17) is 0 Å². The van der Waals surface area contributed by atoms with Crippen LogP contribution in [0.25, 0.3) is 0 Å². The van der Waals surface area contributed by atoms with Crippen LogP contribution in [-0.4, -0.2) is 131 Å². The number of amides is 8. The minimum atomic E-state index is -0.506. The molecule has 0 atom stereocenters. The number of urea groups is 2. The third-order valence-electron chi connectivity index (χ3n) is 12.7. The fraction of sp³-hybridized carbons (Fsp3) is 0.474. The van der Waals surface area contributed by atoms with Crippen LogP contribution in [0.15, 0.2) is 84.9 Å². The van der Waals surface area contributed by atoms with E-state index < -0.39 is 34.5 Å². The second-order valence-corrected chi connectivity index (χ2v) is 22.9. The van der Waals surface area contributed by atoms with Crippen molar-refractivity contribution in [2.45, 2.75) is 112 Å². The van der Waals surface area contributed by atoms with Gasteiger partial charge in [-0.1, -0.05) is 45.0 Å². The van der Waals surface area contributed by atoms with Crippen molar-refractivity contribution in [1.82, 2.24) is 40.9 Å². The van der Waals surface area contributed by atoms with Crippen LogP contribution in [0.4, 0.5) is 29.7 Å². The van der Waals surface area contributed by atoms with Gasteiger partial charge in [0.15, 0.2) is 0 Å². The quantitative estimate of drug-likeness (QED) is 0.0816. The molecule has 7 rings (SSSR count).